The smallest absolute Gasteiger partial charge is 0.158 e. The second kappa shape index (κ2) is 6.50. The van der Waals surface area contributed by atoms with E-state index in [4.69, 9.17) is 16.3 Å². The number of halogens is 1. The Morgan fingerprint density at radius 3 is 2.89 bits per heavy atom. The van der Waals surface area contributed by atoms with Crippen LogP contribution in [0.1, 0.15) is 19.2 Å². The van der Waals surface area contributed by atoms with Gasteiger partial charge in [0.05, 0.1) is 0 Å². The molecule has 2 rings (SSSR count). The van der Waals surface area contributed by atoms with E-state index < -0.39 is 0 Å². The minimum Gasteiger partial charge on any atom is -0.374 e. The molecule has 1 atom stereocenters. The van der Waals surface area contributed by atoms with Gasteiger partial charge in [-0.15, -0.1) is 0 Å². The Labute approximate surface area is 119 Å². The van der Waals surface area contributed by atoms with E-state index in [1.165, 1.54) is 0 Å². The first-order chi connectivity index (χ1) is 9.10. The van der Waals surface area contributed by atoms with Crippen LogP contribution in [0.25, 0.3) is 0 Å². The molecule has 19 heavy (non-hydrogen) atoms. The van der Waals surface area contributed by atoms with E-state index in [9.17, 15) is 0 Å². The van der Waals surface area contributed by atoms with Crippen molar-refractivity contribution in [3.05, 3.63) is 17.0 Å². The molecule has 0 saturated carbocycles. The number of hydrogen-bond donors (Lipinski definition) is 0. The van der Waals surface area contributed by atoms with Crippen molar-refractivity contribution in [3.8, 4) is 0 Å². The fourth-order valence-electron chi connectivity index (χ4n) is 2.24. The molecule has 1 aromatic rings. The van der Waals surface area contributed by atoms with Crippen LogP contribution in [0.4, 0.5) is 5.82 Å². The predicted octanol–water partition coefficient (Wildman–Crippen LogP) is 1.81. The maximum atomic E-state index is 6.06. The molecule has 0 aliphatic carbocycles. The Morgan fingerprint density at radius 1 is 1.47 bits per heavy atom. The predicted molar refractivity (Wildman–Crippen MR) is 76.7 cm³/mol. The third-order valence-electron chi connectivity index (χ3n) is 3.38. The Kier molecular flexibility index (Phi) is 4.96. The lowest BCUT2D eigenvalue weighted by molar-refractivity contribution is 0.128. The van der Waals surface area contributed by atoms with Crippen molar-refractivity contribution >= 4 is 17.4 Å². The molecule has 1 unspecified atom stereocenters. The van der Waals surface area contributed by atoms with Crippen molar-refractivity contribution in [2.45, 2.75) is 26.0 Å². The third kappa shape index (κ3) is 3.78. The van der Waals surface area contributed by atoms with Crippen molar-refractivity contribution in [3.63, 3.8) is 0 Å². The Bertz CT molecular complexity index is 427. The number of ether oxygens (including phenoxy) is 1. The summed E-state index contributed by atoms with van der Waals surface area (Å²) < 4.78 is 5.34. The van der Waals surface area contributed by atoms with E-state index in [1.54, 1.807) is 0 Å². The molecule has 106 valence electrons. The summed E-state index contributed by atoms with van der Waals surface area (Å²) in [6, 6.07) is 2.40. The highest BCUT2D eigenvalue weighted by atomic mass is 35.5. The number of rotatable bonds is 5. The van der Waals surface area contributed by atoms with Crippen molar-refractivity contribution in [1.82, 2.24) is 14.9 Å². The normalized spacial score (nSPS) is 19.4. The van der Waals surface area contributed by atoms with Gasteiger partial charge in [0.15, 0.2) is 5.82 Å². The Balaban J connectivity index is 2.09. The molecule has 2 heterocycles. The van der Waals surface area contributed by atoms with Crippen LogP contribution in [0.15, 0.2) is 6.07 Å². The summed E-state index contributed by atoms with van der Waals surface area (Å²) in [5.41, 5.74) is 0. The molecule has 6 heteroatoms. The first kappa shape index (κ1) is 14.5. The van der Waals surface area contributed by atoms with Crippen LogP contribution in [0.2, 0.25) is 5.15 Å². The molecule has 0 N–H and O–H groups in total. The number of likely N-dealkylation sites (N-methyl/N-ethyl adjacent to an activating group) is 1. The molecular formula is C13H21ClN4O. The third-order valence-corrected chi connectivity index (χ3v) is 3.57. The van der Waals surface area contributed by atoms with Crippen LogP contribution in [-0.4, -0.2) is 54.7 Å². The Hall–Kier alpha value is -0.910. The molecule has 0 spiro atoms. The van der Waals surface area contributed by atoms with Crippen LogP contribution < -0.4 is 4.90 Å². The van der Waals surface area contributed by atoms with Crippen LogP contribution >= 0.6 is 11.6 Å². The molecule has 1 saturated heterocycles. The van der Waals surface area contributed by atoms with Gasteiger partial charge in [-0.25, -0.2) is 9.97 Å². The first-order valence-corrected chi connectivity index (χ1v) is 7.00. The molecule has 1 aliphatic rings. The topological polar surface area (TPSA) is 41.5 Å². The molecule has 0 aromatic carbocycles. The standard InChI is InChI=1S/C13H21ClN4O/c1-4-19-9-12-15-11(14)7-13(16-12)18-6-5-10(8-18)17(2)3/h7,10H,4-6,8-9H2,1-3H3. The highest BCUT2D eigenvalue weighted by Gasteiger charge is 2.25. The zero-order valence-corrected chi connectivity index (χ0v) is 12.5. The molecule has 0 radical (unpaired) electrons. The van der Waals surface area contributed by atoms with E-state index >= 15 is 0 Å². The zero-order chi connectivity index (χ0) is 13.8. The SMILES string of the molecule is CCOCc1nc(Cl)cc(N2CCC(N(C)C)C2)n1. The fourth-order valence-corrected chi connectivity index (χ4v) is 2.44. The minimum atomic E-state index is 0.412. The molecule has 5 nitrogen and oxygen atoms in total. The van der Waals surface area contributed by atoms with Gasteiger partial charge in [0.25, 0.3) is 0 Å². The van der Waals surface area contributed by atoms with E-state index in [2.05, 4.69) is 33.9 Å². The summed E-state index contributed by atoms with van der Waals surface area (Å²) in [5.74, 6) is 1.55. The fraction of sp³-hybridized carbons (Fsp3) is 0.692. The second-order valence-electron chi connectivity index (χ2n) is 4.95. The van der Waals surface area contributed by atoms with Gasteiger partial charge in [0.2, 0.25) is 0 Å². The van der Waals surface area contributed by atoms with Crippen molar-refractivity contribution in [2.24, 2.45) is 0 Å². The monoisotopic (exact) mass is 284 g/mol. The average molecular weight is 285 g/mol. The summed E-state index contributed by atoms with van der Waals surface area (Å²) in [6.45, 7) is 5.00. The maximum absolute atomic E-state index is 6.06. The Morgan fingerprint density at radius 2 is 2.26 bits per heavy atom. The summed E-state index contributed by atoms with van der Waals surface area (Å²) in [5, 5.41) is 0.480. The average Bonchev–Trinajstić information content (AvgIpc) is 2.85. The lowest BCUT2D eigenvalue weighted by Crippen LogP contribution is -2.31. The van der Waals surface area contributed by atoms with Crippen LogP contribution in [0, 0.1) is 0 Å². The summed E-state index contributed by atoms with van der Waals surface area (Å²) >= 11 is 6.06. The van der Waals surface area contributed by atoms with Gasteiger partial charge in [-0.1, -0.05) is 11.6 Å². The van der Waals surface area contributed by atoms with E-state index in [-0.39, 0.29) is 0 Å². The van der Waals surface area contributed by atoms with Crippen LogP contribution in [-0.2, 0) is 11.3 Å². The molecule has 0 bridgehead atoms. The van der Waals surface area contributed by atoms with Crippen molar-refractivity contribution in [2.75, 3.05) is 38.7 Å². The highest BCUT2D eigenvalue weighted by Crippen LogP contribution is 2.22. The van der Waals surface area contributed by atoms with Gasteiger partial charge in [-0.3, -0.25) is 0 Å². The first-order valence-electron chi connectivity index (χ1n) is 6.62. The van der Waals surface area contributed by atoms with Gasteiger partial charge < -0.3 is 14.5 Å². The minimum absolute atomic E-state index is 0.412. The molecular weight excluding hydrogens is 264 g/mol. The van der Waals surface area contributed by atoms with Crippen LogP contribution in [0.3, 0.4) is 0 Å². The van der Waals surface area contributed by atoms with Gasteiger partial charge in [0, 0.05) is 31.8 Å². The van der Waals surface area contributed by atoms with Crippen LogP contribution in [0.5, 0.6) is 0 Å². The van der Waals surface area contributed by atoms with Crippen molar-refractivity contribution in [1.29, 1.82) is 0 Å². The summed E-state index contributed by atoms with van der Waals surface area (Å²) in [6.07, 6.45) is 1.15. The number of aromatic nitrogens is 2. The van der Waals surface area contributed by atoms with E-state index in [0.29, 0.717) is 30.2 Å². The summed E-state index contributed by atoms with van der Waals surface area (Å²) in [7, 11) is 4.23. The van der Waals surface area contributed by atoms with E-state index in [1.807, 2.05) is 13.0 Å². The van der Waals surface area contributed by atoms with E-state index in [0.717, 1.165) is 25.3 Å². The highest BCUT2D eigenvalue weighted by molar-refractivity contribution is 6.29. The van der Waals surface area contributed by atoms with Gasteiger partial charge >= 0.3 is 0 Å². The molecule has 1 aliphatic heterocycles. The molecule has 0 amide bonds. The largest absolute Gasteiger partial charge is 0.374 e. The zero-order valence-electron chi connectivity index (χ0n) is 11.8. The molecule has 1 fully saturated rings. The number of nitrogens with zero attached hydrogens (tertiary/aromatic N) is 4. The second-order valence-corrected chi connectivity index (χ2v) is 5.34. The van der Waals surface area contributed by atoms with Gasteiger partial charge in [-0.05, 0) is 27.4 Å². The number of hydrogen-bond acceptors (Lipinski definition) is 5. The lowest BCUT2D eigenvalue weighted by Gasteiger charge is -2.21. The number of anilines is 1. The van der Waals surface area contributed by atoms with Gasteiger partial charge in [0.1, 0.15) is 17.6 Å². The van der Waals surface area contributed by atoms with Crippen molar-refractivity contribution < 1.29 is 4.74 Å². The lowest BCUT2D eigenvalue weighted by atomic mass is 10.2. The summed E-state index contributed by atoms with van der Waals surface area (Å²) in [4.78, 5) is 13.2. The maximum Gasteiger partial charge on any atom is 0.158 e. The molecule has 1 aromatic heterocycles. The van der Waals surface area contributed by atoms with Gasteiger partial charge in [-0.2, -0.15) is 0 Å². The quantitative estimate of drug-likeness (QED) is 0.772.